The number of aromatic nitrogens is 1. The molecule has 0 saturated heterocycles. The molecule has 0 spiro atoms. The summed E-state index contributed by atoms with van der Waals surface area (Å²) in [5.41, 5.74) is 2.28. The second-order valence-electron chi connectivity index (χ2n) is 2.85. The fraction of sp³-hybridized carbons (Fsp3) is 0.125. The minimum Gasteiger partial charge on any atom is -0.589 e. The molecule has 2 aromatic rings. The Balaban J connectivity index is 2.86. The summed E-state index contributed by atoms with van der Waals surface area (Å²) in [6, 6.07) is 2.90. The maximum Gasteiger partial charge on any atom is 0.277 e. The van der Waals surface area contributed by atoms with Gasteiger partial charge in [0.05, 0.1) is 10.5 Å². The van der Waals surface area contributed by atoms with E-state index in [1.54, 1.807) is 6.92 Å². The van der Waals surface area contributed by atoms with E-state index in [4.69, 9.17) is 0 Å². The molecule has 1 unspecified atom stereocenters. The Morgan fingerprint density at radius 3 is 2.86 bits per heavy atom. The van der Waals surface area contributed by atoms with Crippen LogP contribution in [-0.4, -0.2) is 14.5 Å². The van der Waals surface area contributed by atoms with Gasteiger partial charge in [0.2, 0.25) is 10.2 Å². The van der Waals surface area contributed by atoms with Crippen LogP contribution >= 0.6 is 10.8 Å². The largest absolute Gasteiger partial charge is 0.589 e. The molecule has 0 amide bonds. The van der Waals surface area contributed by atoms with E-state index in [-0.39, 0.29) is 5.69 Å². The quantitative estimate of drug-likeness (QED) is 0.410. The molecule has 14 heavy (non-hydrogen) atoms. The van der Waals surface area contributed by atoms with E-state index in [9.17, 15) is 14.7 Å². The van der Waals surface area contributed by atoms with E-state index in [2.05, 4.69) is 4.98 Å². The number of hydrogen-bond donors (Lipinski definition) is 0. The zero-order valence-electron chi connectivity index (χ0n) is 7.26. The number of fused-ring (bicyclic) bond motifs is 1. The predicted molar refractivity (Wildman–Crippen MR) is 51.8 cm³/mol. The summed E-state index contributed by atoms with van der Waals surface area (Å²) in [6.45, 7) is 1.59. The minimum absolute atomic E-state index is 0.0115. The fourth-order valence-electron chi connectivity index (χ4n) is 1.38. The maximum atomic E-state index is 11.4. The van der Waals surface area contributed by atoms with E-state index in [0.717, 1.165) is 0 Å². The Morgan fingerprint density at radius 1 is 1.50 bits per heavy atom. The van der Waals surface area contributed by atoms with Crippen LogP contribution in [0.15, 0.2) is 17.6 Å². The van der Waals surface area contributed by atoms with E-state index in [0.29, 0.717) is 15.8 Å². The van der Waals surface area contributed by atoms with E-state index >= 15 is 0 Å². The van der Waals surface area contributed by atoms with Gasteiger partial charge in [-0.2, -0.15) is 4.98 Å². The Labute approximate surface area is 82.0 Å². The second-order valence-corrected chi connectivity index (χ2v) is 4.06. The van der Waals surface area contributed by atoms with Crippen molar-refractivity contribution in [3.05, 3.63) is 33.3 Å². The van der Waals surface area contributed by atoms with Gasteiger partial charge in [-0.15, -0.1) is 0 Å². The molecule has 1 atom stereocenters. The van der Waals surface area contributed by atoms with Crippen molar-refractivity contribution in [1.29, 1.82) is 0 Å². The highest BCUT2D eigenvalue weighted by Crippen LogP contribution is 2.33. The number of hydrogen-bond acceptors (Lipinski definition) is 4. The first kappa shape index (κ1) is 9.04. The molecule has 0 aliphatic heterocycles. The molecule has 2 rings (SSSR count). The Morgan fingerprint density at radius 2 is 2.21 bits per heavy atom. The summed E-state index contributed by atoms with van der Waals surface area (Å²) < 4.78 is 11.9. The lowest BCUT2D eigenvalue weighted by atomic mass is 10.2. The maximum absolute atomic E-state index is 11.4. The number of rotatable bonds is 1. The van der Waals surface area contributed by atoms with Crippen molar-refractivity contribution >= 4 is 26.7 Å². The Kier molecular flexibility index (Phi) is 1.94. The van der Waals surface area contributed by atoms with Crippen LogP contribution < -0.4 is 0 Å². The van der Waals surface area contributed by atoms with Gasteiger partial charge in [0.25, 0.3) is 5.69 Å². The van der Waals surface area contributed by atoms with Crippen molar-refractivity contribution < 1.29 is 9.48 Å². The zero-order valence-corrected chi connectivity index (χ0v) is 8.08. The van der Waals surface area contributed by atoms with Crippen molar-refractivity contribution in [1.82, 2.24) is 4.98 Å². The van der Waals surface area contributed by atoms with Crippen LogP contribution in [0.25, 0.3) is 10.2 Å². The average Bonchev–Trinajstić information content (AvgIpc) is 2.48. The van der Waals surface area contributed by atoms with Crippen molar-refractivity contribution in [2.75, 3.05) is 0 Å². The topological polar surface area (TPSA) is 79.1 Å². The van der Waals surface area contributed by atoms with Gasteiger partial charge in [0.15, 0.2) is 0 Å². The van der Waals surface area contributed by atoms with Crippen LogP contribution in [0.3, 0.4) is 0 Å². The second kappa shape index (κ2) is 3.00. The third kappa shape index (κ3) is 1.16. The first-order valence-corrected chi connectivity index (χ1v) is 5.05. The van der Waals surface area contributed by atoms with Gasteiger partial charge < -0.3 is 4.55 Å². The van der Waals surface area contributed by atoms with Crippen LogP contribution in [0.4, 0.5) is 5.69 Å². The predicted octanol–water partition coefficient (Wildman–Crippen LogP) is 2.18. The van der Waals surface area contributed by atoms with Crippen LogP contribution in [0.1, 0.15) is 5.56 Å². The first-order chi connectivity index (χ1) is 6.61. The van der Waals surface area contributed by atoms with Crippen LogP contribution in [0, 0.1) is 17.0 Å². The molecule has 5 nitrogen and oxygen atoms in total. The lowest BCUT2D eigenvalue weighted by molar-refractivity contribution is -0.385. The third-order valence-electron chi connectivity index (χ3n) is 2.04. The molecule has 0 radical (unpaired) electrons. The van der Waals surface area contributed by atoms with Gasteiger partial charge in [-0.1, -0.05) is 0 Å². The molecule has 1 aromatic heterocycles. The van der Waals surface area contributed by atoms with Crippen molar-refractivity contribution in [2.45, 2.75) is 6.92 Å². The smallest absolute Gasteiger partial charge is 0.277 e. The molecule has 1 aromatic carbocycles. The Bertz CT molecular complexity index is 521. The van der Waals surface area contributed by atoms with Crippen molar-refractivity contribution in [2.24, 2.45) is 0 Å². The summed E-state index contributed by atoms with van der Waals surface area (Å²) >= 11 is 0. The average molecular weight is 210 g/mol. The molecule has 0 saturated carbocycles. The summed E-state index contributed by atoms with van der Waals surface area (Å²) in [7, 11) is -1.33. The van der Waals surface area contributed by atoms with Crippen LogP contribution in [0.5, 0.6) is 0 Å². The molecule has 0 bridgehead atoms. The molecule has 1 heterocycles. The van der Waals surface area contributed by atoms with E-state index in [1.165, 1.54) is 17.6 Å². The summed E-state index contributed by atoms with van der Waals surface area (Å²) in [4.78, 5) is 14.0. The number of aryl methyl sites for hydroxylation is 1. The molecule has 6 heteroatoms. The monoisotopic (exact) mass is 210 g/mol. The highest BCUT2D eigenvalue weighted by molar-refractivity contribution is 7.29. The number of nitro groups is 1. The lowest BCUT2D eigenvalue weighted by Crippen LogP contribution is -1.91. The molecule has 0 fully saturated rings. The normalized spacial score (nSPS) is 12.0. The first-order valence-electron chi connectivity index (χ1n) is 3.84. The third-order valence-corrected chi connectivity index (χ3v) is 3.26. The van der Waals surface area contributed by atoms with Gasteiger partial charge in [0, 0.05) is 6.07 Å². The van der Waals surface area contributed by atoms with E-state index in [1.807, 2.05) is 0 Å². The highest BCUT2D eigenvalue weighted by atomic mass is 32.2. The standard InChI is InChI=1S/C8H6N2O3S/c1-5-7(10(11)12)3-2-6-8(5)14(13)4-9-6/h2-4H,1H3. The van der Waals surface area contributed by atoms with Crippen molar-refractivity contribution in [3.8, 4) is 0 Å². The molecule has 72 valence electrons. The lowest BCUT2D eigenvalue weighted by Gasteiger charge is -1.96. The zero-order chi connectivity index (χ0) is 10.3. The van der Waals surface area contributed by atoms with Gasteiger partial charge in [-0.25, -0.2) is 0 Å². The molecule has 0 aliphatic rings. The molecular weight excluding hydrogens is 204 g/mol. The molecule has 0 aliphatic carbocycles. The van der Waals surface area contributed by atoms with Gasteiger partial charge in [-0.3, -0.25) is 10.1 Å². The highest BCUT2D eigenvalue weighted by Gasteiger charge is 2.19. The molecule has 0 N–H and O–H groups in total. The van der Waals surface area contributed by atoms with Crippen molar-refractivity contribution in [3.63, 3.8) is 0 Å². The van der Waals surface area contributed by atoms with Gasteiger partial charge >= 0.3 is 0 Å². The van der Waals surface area contributed by atoms with Crippen LogP contribution in [0.2, 0.25) is 0 Å². The SMILES string of the molecule is Cc1c([N+](=O)[O-])ccc2nc[s+]([O-])c12. The fourth-order valence-corrected chi connectivity index (χ4v) is 2.43. The minimum atomic E-state index is -1.33. The Hall–Kier alpha value is -1.53. The number of thiazole rings is 1. The summed E-state index contributed by atoms with van der Waals surface area (Å²) in [6.07, 6.45) is 0. The number of nitrogens with zero attached hydrogens (tertiary/aromatic N) is 2. The van der Waals surface area contributed by atoms with Gasteiger partial charge in [0.1, 0.15) is 5.52 Å². The number of nitro benzene ring substituents is 1. The van der Waals surface area contributed by atoms with Crippen LogP contribution in [-0.2, 0) is 0 Å². The van der Waals surface area contributed by atoms with Gasteiger partial charge in [-0.05, 0) is 23.7 Å². The summed E-state index contributed by atoms with van der Waals surface area (Å²) in [5, 5.41) is 10.6. The summed E-state index contributed by atoms with van der Waals surface area (Å²) in [5.74, 6) is 0. The molecular formula is C8H6N2O3S. The van der Waals surface area contributed by atoms with E-state index < -0.39 is 15.7 Å². The number of benzene rings is 1.